The standard InChI is InChI=1S/C17H12Cl2N2/c1-10-4-11(9-20)2-3-12(10)5-14-6-13-7-15(18)16(19)8-17(13)21-14/h2-4,6-8,21H,5H2,1H3. The number of aromatic amines is 1. The Balaban J connectivity index is 1.97. The van der Waals surface area contributed by atoms with E-state index in [0.29, 0.717) is 15.6 Å². The zero-order valence-corrected chi connectivity index (χ0v) is 12.9. The Labute approximate surface area is 132 Å². The van der Waals surface area contributed by atoms with Gasteiger partial charge in [0.25, 0.3) is 0 Å². The number of H-pyrrole nitrogens is 1. The topological polar surface area (TPSA) is 39.6 Å². The van der Waals surface area contributed by atoms with E-state index in [1.54, 1.807) is 0 Å². The molecule has 3 aromatic rings. The predicted octanol–water partition coefficient (Wildman–Crippen LogP) is 5.25. The number of aromatic nitrogens is 1. The van der Waals surface area contributed by atoms with Crippen molar-refractivity contribution in [1.29, 1.82) is 5.26 Å². The molecule has 3 rings (SSSR count). The summed E-state index contributed by atoms with van der Waals surface area (Å²) in [5.74, 6) is 0. The molecule has 0 saturated heterocycles. The van der Waals surface area contributed by atoms with Gasteiger partial charge in [0.1, 0.15) is 0 Å². The smallest absolute Gasteiger partial charge is 0.0991 e. The van der Waals surface area contributed by atoms with E-state index in [-0.39, 0.29) is 0 Å². The van der Waals surface area contributed by atoms with Gasteiger partial charge in [0, 0.05) is 23.0 Å². The Kier molecular flexibility index (Phi) is 3.63. The molecule has 21 heavy (non-hydrogen) atoms. The van der Waals surface area contributed by atoms with Gasteiger partial charge in [0.05, 0.1) is 21.7 Å². The minimum Gasteiger partial charge on any atom is -0.358 e. The van der Waals surface area contributed by atoms with Crippen molar-refractivity contribution in [2.75, 3.05) is 0 Å². The molecule has 1 heterocycles. The first kappa shape index (κ1) is 14.0. The molecule has 1 N–H and O–H groups in total. The Morgan fingerprint density at radius 1 is 1.10 bits per heavy atom. The molecule has 0 aliphatic heterocycles. The zero-order chi connectivity index (χ0) is 15.0. The summed E-state index contributed by atoms with van der Waals surface area (Å²) in [6.07, 6.45) is 0.779. The highest BCUT2D eigenvalue weighted by molar-refractivity contribution is 6.42. The highest BCUT2D eigenvalue weighted by atomic mass is 35.5. The van der Waals surface area contributed by atoms with E-state index >= 15 is 0 Å². The lowest BCUT2D eigenvalue weighted by Crippen LogP contribution is -1.92. The quantitative estimate of drug-likeness (QED) is 0.689. The number of aryl methyl sites for hydroxylation is 1. The molecule has 4 heteroatoms. The van der Waals surface area contributed by atoms with Crippen LogP contribution in [0.2, 0.25) is 10.0 Å². The second-order valence-corrected chi connectivity index (χ2v) is 5.89. The Bertz CT molecular complexity index is 833. The van der Waals surface area contributed by atoms with Gasteiger partial charge in [-0.15, -0.1) is 0 Å². The highest BCUT2D eigenvalue weighted by Gasteiger charge is 2.07. The van der Waals surface area contributed by atoms with Gasteiger partial charge in [-0.05, 0) is 48.4 Å². The number of halogens is 2. The van der Waals surface area contributed by atoms with Crippen molar-refractivity contribution < 1.29 is 0 Å². The number of benzene rings is 2. The molecule has 0 fully saturated rings. The molecule has 2 aromatic carbocycles. The van der Waals surface area contributed by atoms with Crippen LogP contribution in [0.15, 0.2) is 36.4 Å². The number of hydrogen-bond acceptors (Lipinski definition) is 1. The van der Waals surface area contributed by atoms with E-state index in [9.17, 15) is 0 Å². The number of nitrogens with zero attached hydrogens (tertiary/aromatic N) is 1. The van der Waals surface area contributed by atoms with Gasteiger partial charge in [0.2, 0.25) is 0 Å². The highest BCUT2D eigenvalue weighted by Crippen LogP contribution is 2.28. The zero-order valence-electron chi connectivity index (χ0n) is 11.4. The van der Waals surface area contributed by atoms with Crippen molar-refractivity contribution in [2.45, 2.75) is 13.3 Å². The molecule has 2 nitrogen and oxygen atoms in total. The molecule has 0 aliphatic rings. The van der Waals surface area contributed by atoms with Crippen molar-refractivity contribution in [3.8, 4) is 6.07 Å². The summed E-state index contributed by atoms with van der Waals surface area (Å²) in [4.78, 5) is 3.36. The second-order valence-electron chi connectivity index (χ2n) is 5.08. The minimum atomic E-state index is 0.548. The molecule has 1 aromatic heterocycles. The summed E-state index contributed by atoms with van der Waals surface area (Å²) in [6.45, 7) is 2.02. The summed E-state index contributed by atoms with van der Waals surface area (Å²) in [6, 6.07) is 13.7. The van der Waals surface area contributed by atoms with Crippen LogP contribution < -0.4 is 0 Å². The number of rotatable bonds is 2. The molecule has 0 unspecified atom stereocenters. The maximum absolute atomic E-state index is 8.91. The number of nitrogens with one attached hydrogen (secondary N) is 1. The SMILES string of the molecule is Cc1cc(C#N)ccc1Cc1cc2cc(Cl)c(Cl)cc2[nH]1. The lowest BCUT2D eigenvalue weighted by molar-refractivity contribution is 1.10. The fraction of sp³-hybridized carbons (Fsp3) is 0.118. The number of hydrogen-bond donors (Lipinski definition) is 1. The van der Waals surface area contributed by atoms with Gasteiger partial charge < -0.3 is 4.98 Å². The monoisotopic (exact) mass is 314 g/mol. The van der Waals surface area contributed by atoms with Gasteiger partial charge in [-0.25, -0.2) is 0 Å². The Morgan fingerprint density at radius 3 is 2.57 bits per heavy atom. The Morgan fingerprint density at radius 2 is 1.86 bits per heavy atom. The molecular weight excluding hydrogens is 303 g/mol. The maximum atomic E-state index is 8.91. The fourth-order valence-corrected chi connectivity index (χ4v) is 2.79. The normalized spacial score (nSPS) is 10.8. The van der Waals surface area contributed by atoms with E-state index < -0.39 is 0 Å². The van der Waals surface area contributed by atoms with Crippen molar-refractivity contribution in [1.82, 2.24) is 4.98 Å². The molecule has 0 radical (unpaired) electrons. The number of fused-ring (bicyclic) bond motifs is 1. The summed E-state index contributed by atoms with van der Waals surface area (Å²) < 4.78 is 0. The Hall–Kier alpha value is -1.95. The van der Waals surface area contributed by atoms with E-state index in [2.05, 4.69) is 17.1 Å². The minimum absolute atomic E-state index is 0.548. The average molecular weight is 315 g/mol. The molecule has 0 atom stereocenters. The van der Waals surface area contributed by atoms with Gasteiger partial charge in [-0.1, -0.05) is 29.3 Å². The lowest BCUT2D eigenvalue weighted by atomic mass is 10.0. The number of nitriles is 1. The fourth-order valence-electron chi connectivity index (χ4n) is 2.45. The summed E-state index contributed by atoms with van der Waals surface area (Å²) in [7, 11) is 0. The van der Waals surface area contributed by atoms with Gasteiger partial charge in [-0.2, -0.15) is 5.26 Å². The average Bonchev–Trinajstić information content (AvgIpc) is 2.83. The van der Waals surface area contributed by atoms with E-state index in [1.165, 1.54) is 5.56 Å². The van der Waals surface area contributed by atoms with Crippen LogP contribution in [0, 0.1) is 18.3 Å². The molecule has 0 saturated carbocycles. The summed E-state index contributed by atoms with van der Waals surface area (Å²) >= 11 is 12.1. The van der Waals surface area contributed by atoms with Gasteiger partial charge in [0.15, 0.2) is 0 Å². The van der Waals surface area contributed by atoms with Crippen LogP contribution in [0.1, 0.15) is 22.4 Å². The molecule has 104 valence electrons. The van der Waals surface area contributed by atoms with Crippen molar-refractivity contribution in [3.05, 3.63) is 68.8 Å². The van der Waals surface area contributed by atoms with E-state index in [4.69, 9.17) is 28.5 Å². The third kappa shape index (κ3) is 2.76. The first-order valence-corrected chi connectivity index (χ1v) is 7.28. The van der Waals surface area contributed by atoms with Crippen LogP contribution >= 0.6 is 23.2 Å². The first-order chi connectivity index (χ1) is 10.1. The maximum Gasteiger partial charge on any atom is 0.0991 e. The first-order valence-electron chi connectivity index (χ1n) is 6.53. The lowest BCUT2D eigenvalue weighted by Gasteiger charge is -2.04. The largest absolute Gasteiger partial charge is 0.358 e. The van der Waals surface area contributed by atoms with Gasteiger partial charge in [-0.3, -0.25) is 0 Å². The van der Waals surface area contributed by atoms with Crippen LogP contribution in [-0.2, 0) is 6.42 Å². The van der Waals surface area contributed by atoms with Crippen LogP contribution in [0.3, 0.4) is 0 Å². The van der Waals surface area contributed by atoms with Crippen LogP contribution in [0.25, 0.3) is 10.9 Å². The van der Waals surface area contributed by atoms with Gasteiger partial charge >= 0.3 is 0 Å². The van der Waals surface area contributed by atoms with Crippen molar-refractivity contribution >= 4 is 34.1 Å². The summed E-state index contributed by atoms with van der Waals surface area (Å²) in [5, 5.41) is 11.1. The van der Waals surface area contributed by atoms with Crippen LogP contribution in [0.5, 0.6) is 0 Å². The van der Waals surface area contributed by atoms with Crippen molar-refractivity contribution in [2.24, 2.45) is 0 Å². The molecule has 0 spiro atoms. The predicted molar refractivity (Wildman–Crippen MR) is 87.0 cm³/mol. The second kappa shape index (κ2) is 5.44. The summed E-state index contributed by atoms with van der Waals surface area (Å²) in [5.41, 5.74) is 5.06. The molecule has 0 amide bonds. The van der Waals surface area contributed by atoms with E-state index in [0.717, 1.165) is 28.6 Å². The molecule has 0 aliphatic carbocycles. The van der Waals surface area contributed by atoms with Crippen LogP contribution in [-0.4, -0.2) is 4.98 Å². The molecular formula is C17H12Cl2N2. The third-order valence-corrected chi connectivity index (χ3v) is 4.29. The van der Waals surface area contributed by atoms with E-state index in [1.807, 2.05) is 37.3 Å². The van der Waals surface area contributed by atoms with Crippen LogP contribution in [0.4, 0.5) is 0 Å². The van der Waals surface area contributed by atoms with Crippen molar-refractivity contribution in [3.63, 3.8) is 0 Å². The molecule has 0 bridgehead atoms. The third-order valence-electron chi connectivity index (χ3n) is 3.57.